The molecule has 1 amide bonds. The van der Waals surface area contributed by atoms with Gasteiger partial charge in [-0.05, 0) is 92.8 Å². The molecule has 0 spiro atoms. The van der Waals surface area contributed by atoms with Gasteiger partial charge in [0.2, 0.25) is 5.95 Å². The SMILES string of the molecule is CCc1cccc(CC)c1NC(=O)c1nn(C)c2c1CCCc1cnc(Nc3ccc(NC4CN5CCC4CC5)cc3OC)nc1-2. The molecule has 2 bridgehead atoms. The number of hydrogen-bond acceptors (Lipinski definition) is 8. The summed E-state index contributed by atoms with van der Waals surface area (Å²) in [6, 6.07) is 12.8. The third kappa shape index (κ3) is 5.70. The van der Waals surface area contributed by atoms with Crippen molar-refractivity contribution < 1.29 is 9.53 Å². The number of hydrogen-bond donors (Lipinski definition) is 3. The lowest BCUT2D eigenvalue weighted by Crippen LogP contribution is -2.53. The van der Waals surface area contributed by atoms with Crippen molar-refractivity contribution in [2.75, 3.05) is 42.7 Å². The Balaban J connectivity index is 1.15. The number of piperidine rings is 3. The maximum absolute atomic E-state index is 13.8. The molecule has 5 heterocycles. The average Bonchev–Trinajstić information content (AvgIpc) is 3.29. The van der Waals surface area contributed by atoms with Crippen LogP contribution in [0.15, 0.2) is 42.6 Å². The summed E-state index contributed by atoms with van der Waals surface area (Å²) < 4.78 is 7.60. The number of benzene rings is 2. The third-order valence-electron chi connectivity index (χ3n) is 10.0. The van der Waals surface area contributed by atoms with E-state index in [1.54, 1.807) is 11.8 Å². The van der Waals surface area contributed by atoms with Crippen LogP contribution in [0.4, 0.5) is 23.0 Å². The van der Waals surface area contributed by atoms with Crippen molar-refractivity contribution in [1.29, 1.82) is 0 Å². The van der Waals surface area contributed by atoms with E-state index < -0.39 is 0 Å². The molecule has 0 radical (unpaired) electrons. The van der Waals surface area contributed by atoms with Crippen molar-refractivity contribution in [3.63, 3.8) is 0 Å². The second kappa shape index (κ2) is 12.7. The largest absolute Gasteiger partial charge is 0.494 e. The molecule has 1 aliphatic carbocycles. The van der Waals surface area contributed by atoms with Crippen molar-refractivity contribution in [2.24, 2.45) is 13.0 Å². The molecular formula is C36H44N8O2. The van der Waals surface area contributed by atoms with Crippen LogP contribution in [-0.4, -0.2) is 63.3 Å². The first-order valence-electron chi connectivity index (χ1n) is 16.7. The number of nitrogens with one attached hydrogen (secondary N) is 3. The maximum atomic E-state index is 13.8. The van der Waals surface area contributed by atoms with E-state index in [0.717, 1.165) is 101 Å². The van der Waals surface area contributed by atoms with Gasteiger partial charge < -0.3 is 25.6 Å². The first kappa shape index (κ1) is 30.2. The van der Waals surface area contributed by atoms with Gasteiger partial charge in [0, 0.05) is 48.8 Å². The fourth-order valence-corrected chi connectivity index (χ4v) is 7.52. The van der Waals surface area contributed by atoms with E-state index in [-0.39, 0.29) is 5.91 Å². The summed E-state index contributed by atoms with van der Waals surface area (Å²) in [5.74, 6) is 1.75. The average molecular weight is 621 g/mol. The Labute approximate surface area is 271 Å². The molecule has 240 valence electrons. The van der Waals surface area contributed by atoms with E-state index in [2.05, 4.69) is 63.9 Å². The highest BCUT2D eigenvalue weighted by molar-refractivity contribution is 6.05. The number of methoxy groups -OCH3 is 1. The summed E-state index contributed by atoms with van der Waals surface area (Å²) in [4.78, 5) is 26.0. The molecule has 1 unspecified atom stereocenters. The lowest BCUT2D eigenvalue weighted by Gasteiger charge is -2.45. The monoisotopic (exact) mass is 620 g/mol. The predicted molar refractivity (Wildman–Crippen MR) is 182 cm³/mol. The van der Waals surface area contributed by atoms with E-state index in [1.807, 2.05) is 25.4 Å². The van der Waals surface area contributed by atoms with E-state index in [4.69, 9.17) is 14.8 Å². The molecule has 0 saturated carbocycles. The number of ether oxygens (including phenoxy) is 1. The second-order valence-corrected chi connectivity index (χ2v) is 12.8. The molecule has 8 rings (SSSR count). The number of aromatic nitrogens is 4. The Bertz CT molecular complexity index is 1730. The third-order valence-corrected chi connectivity index (χ3v) is 10.0. The van der Waals surface area contributed by atoms with Crippen LogP contribution in [0.25, 0.3) is 11.4 Å². The van der Waals surface area contributed by atoms with Gasteiger partial charge in [0.15, 0.2) is 5.69 Å². The Morgan fingerprint density at radius 2 is 1.85 bits per heavy atom. The van der Waals surface area contributed by atoms with Crippen LogP contribution >= 0.6 is 0 Å². The smallest absolute Gasteiger partial charge is 0.276 e. The Kier molecular flexibility index (Phi) is 8.38. The van der Waals surface area contributed by atoms with Gasteiger partial charge in [-0.15, -0.1) is 0 Å². The standard InChI is InChI=1S/C36H44N8O2/c1-5-22-9-7-10-23(6-2)31(22)40-35(45)33-27-12-8-11-25-20-37-36(41-32(25)34(27)43(3)42-33)39-28-14-13-26(19-30(28)46-4)38-29-21-44-17-15-24(29)16-18-44/h7,9-10,13-14,19-20,24,29,38H,5-6,8,11-12,15-18,21H2,1-4H3,(H,40,45)(H,37,39,41). The van der Waals surface area contributed by atoms with Gasteiger partial charge in [0.05, 0.1) is 24.2 Å². The number of fused-ring (bicyclic) bond motifs is 6. The molecule has 10 heteroatoms. The van der Waals surface area contributed by atoms with Crippen LogP contribution in [-0.2, 0) is 32.7 Å². The van der Waals surface area contributed by atoms with Crippen LogP contribution in [0.2, 0.25) is 0 Å². The van der Waals surface area contributed by atoms with E-state index in [0.29, 0.717) is 17.7 Å². The number of anilines is 4. The van der Waals surface area contributed by atoms with Crippen LogP contribution in [0, 0.1) is 5.92 Å². The minimum Gasteiger partial charge on any atom is -0.494 e. The Morgan fingerprint density at radius 3 is 2.54 bits per heavy atom. The molecule has 3 aliphatic heterocycles. The lowest BCUT2D eigenvalue weighted by atomic mass is 9.84. The summed E-state index contributed by atoms with van der Waals surface area (Å²) in [7, 11) is 3.58. The fraction of sp³-hybridized carbons (Fsp3) is 0.444. The van der Waals surface area contributed by atoms with Gasteiger partial charge in [-0.2, -0.15) is 5.10 Å². The van der Waals surface area contributed by atoms with Crippen molar-refractivity contribution in [1.82, 2.24) is 24.6 Å². The molecule has 10 nitrogen and oxygen atoms in total. The quantitative estimate of drug-likeness (QED) is 0.209. The minimum absolute atomic E-state index is 0.181. The number of carbonyl (C=O) groups excluding carboxylic acids is 1. The van der Waals surface area contributed by atoms with E-state index in [1.165, 1.54) is 25.9 Å². The highest BCUT2D eigenvalue weighted by Gasteiger charge is 2.34. The summed E-state index contributed by atoms with van der Waals surface area (Å²) >= 11 is 0. The van der Waals surface area contributed by atoms with Gasteiger partial charge in [-0.25, -0.2) is 9.97 Å². The van der Waals surface area contributed by atoms with E-state index in [9.17, 15) is 4.79 Å². The number of carbonyl (C=O) groups is 1. The summed E-state index contributed by atoms with van der Waals surface area (Å²) in [6.45, 7) is 7.76. The highest BCUT2D eigenvalue weighted by atomic mass is 16.5. The molecule has 3 fully saturated rings. The molecule has 4 aliphatic rings. The van der Waals surface area contributed by atoms with Gasteiger partial charge in [0.25, 0.3) is 5.91 Å². The zero-order chi connectivity index (χ0) is 31.8. The molecule has 2 aromatic carbocycles. The van der Waals surface area contributed by atoms with Gasteiger partial charge in [0.1, 0.15) is 5.75 Å². The molecular weight excluding hydrogens is 576 g/mol. The number of rotatable bonds is 9. The fourth-order valence-electron chi connectivity index (χ4n) is 7.52. The predicted octanol–water partition coefficient (Wildman–Crippen LogP) is 6.00. The zero-order valence-corrected chi connectivity index (χ0v) is 27.3. The van der Waals surface area contributed by atoms with Gasteiger partial charge in [-0.1, -0.05) is 32.0 Å². The van der Waals surface area contributed by atoms with Crippen molar-refractivity contribution >= 4 is 28.9 Å². The maximum Gasteiger partial charge on any atom is 0.276 e. The van der Waals surface area contributed by atoms with Crippen LogP contribution in [0.5, 0.6) is 5.75 Å². The Morgan fingerprint density at radius 1 is 1.07 bits per heavy atom. The number of para-hydroxylation sites is 1. The molecule has 3 N–H and O–H groups in total. The van der Waals surface area contributed by atoms with Crippen LogP contribution in [0.3, 0.4) is 0 Å². The second-order valence-electron chi connectivity index (χ2n) is 12.8. The molecule has 3 saturated heterocycles. The number of nitrogens with zero attached hydrogens (tertiary/aromatic N) is 5. The topological polar surface area (TPSA) is 109 Å². The van der Waals surface area contributed by atoms with Crippen molar-refractivity contribution in [3.8, 4) is 17.1 Å². The van der Waals surface area contributed by atoms with Gasteiger partial charge >= 0.3 is 0 Å². The van der Waals surface area contributed by atoms with Crippen LogP contribution in [0.1, 0.15) is 65.9 Å². The number of aryl methyl sites for hydroxylation is 4. The first-order chi connectivity index (χ1) is 22.4. The molecule has 2 aromatic heterocycles. The zero-order valence-electron chi connectivity index (χ0n) is 27.3. The van der Waals surface area contributed by atoms with Gasteiger partial charge in [-0.3, -0.25) is 9.48 Å². The van der Waals surface area contributed by atoms with Crippen molar-refractivity contribution in [2.45, 2.75) is 64.8 Å². The Hall–Kier alpha value is -4.44. The number of amides is 1. The normalized spacial score (nSPS) is 20.0. The molecule has 46 heavy (non-hydrogen) atoms. The summed E-state index contributed by atoms with van der Waals surface area (Å²) in [5, 5.41) is 15.1. The molecule has 4 aromatic rings. The van der Waals surface area contributed by atoms with Crippen molar-refractivity contribution in [3.05, 3.63) is 70.5 Å². The first-order valence-corrected chi connectivity index (χ1v) is 16.7. The highest BCUT2D eigenvalue weighted by Crippen LogP contribution is 2.36. The summed E-state index contributed by atoms with van der Waals surface area (Å²) in [5.41, 5.74) is 9.11. The van der Waals surface area contributed by atoms with E-state index >= 15 is 0 Å². The van der Waals surface area contributed by atoms with Crippen LogP contribution < -0.4 is 20.7 Å². The lowest BCUT2D eigenvalue weighted by molar-refractivity contribution is 0.0975. The minimum atomic E-state index is -0.181. The summed E-state index contributed by atoms with van der Waals surface area (Å²) in [6.07, 6.45) is 8.56. The molecule has 1 atom stereocenters.